The van der Waals surface area contributed by atoms with E-state index in [-0.39, 0.29) is 18.0 Å². The van der Waals surface area contributed by atoms with Gasteiger partial charge in [0.15, 0.2) is 0 Å². The van der Waals surface area contributed by atoms with E-state index in [0.29, 0.717) is 39.7 Å². The van der Waals surface area contributed by atoms with Crippen LogP contribution in [0.2, 0.25) is 0 Å². The fraction of sp³-hybridized carbons (Fsp3) is 0.296. The van der Waals surface area contributed by atoms with Gasteiger partial charge in [-0.1, -0.05) is 0 Å². The summed E-state index contributed by atoms with van der Waals surface area (Å²) in [5, 5.41) is 3.39. The number of anilines is 1. The molecule has 36 heavy (non-hydrogen) atoms. The average Bonchev–Trinajstić information content (AvgIpc) is 3.28. The predicted octanol–water partition coefficient (Wildman–Crippen LogP) is 4.14. The molecule has 1 aliphatic rings. The van der Waals surface area contributed by atoms with Gasteiger partial charge in [-0.05, 0) is 86.7 Å². The van der Waals surface area contributed by atoms with Crippen molar-refractivity contribution in [3.8, 4) is 17.2 Å². The van der Waals surface area contributed by atoms with E-state index in [1.807, 2.05) is 6.92 Å². The lowest BCUT2D eigenvalue weighted by Gasteiger charge is -2.14. The maximum absolute atomic E-state index is 13.7. The molecule has 0 aliphatic heterocycles. The van der Waals surface area contributed by atoms with Crippen LogP contribution in [0.25, 0.3) is 15.9 Å². The molecule has 0 spiro atoms. The maximum atomic E-state index is 13.7. The molecule has 2 heterocycles. The Labute approximate surface area is 211 Å². The Kier molecular flexibility index (Phi) is 6.65. The van der Waals surface area contributed by atoms with Crippen LogP contribution in [0.4, 0.5) is 5.69 Å². The highest BCUT2D eigenvalue weighted by atomic mass is 32.1. The number of hydrogen-bond acceptors (Lipinski definition) is 6. The van der Waals surface area contributed by atoms with Crippen LogP contribution < -0.4 is 26.0 Å². The lowest BCUT2D eigenvalue weighted by Crippen LogP contribution is -2.40. The first-order chi connectivity index (χ1) is 17.5. The summed E-state index contributed by atoms with van der Waals surface area (Å²) in [6, 6.07) is 13.8. The van der Waals surface area contributed by atoms with Crippen LogP contribution in [-0.2, 0) is 24.2 Å². The molecule has 1 N–H and O–H groups in total. The van der Waals surface area contributed by atoms with Gasteiger partial charge in [0.05, 0.1) is 24.8 Å². The van der Waals surface area contributed by atoms with Crippen LogP contribution in [0.5, 0.6) is 11.5 Å². The smallest absolute Gasteiger partial charge is 0.337 e. The van der Waals surface area contributed by atoms with Crippen LogP contribution >= 0.6 is 11.3 Å². The summed E-state index contributed by atoms with van der Waals surface area (Å²) in [5.74, 6) is 0.980. The van der Waals surface area contributed by atoms with E-state index in [2.05, 4.69) is 5.32 Å². The minimum Gasteiger partial charge on any atom is -0.497 e. The molecule has 2 aromatic heterocycles. The molecule has 9 heteroatoms. The summed E-state index contributed by atoms with van der Waals surface area (Å²) in [5.41, 5.74) is 1.15. The number of methoxy groups -OCH3 is 1. The van der Waals surface area contributed by atoms with Crippen molar-refractivity contribution < 1.29 is 14.3 Å². The molecule has 2 aromatic carbocycles. The number of ether oxygens (including phenoxy) is 2. The van der Waals surface area contributed by atoms with Crippen molar-refractivity contribution in [1.82, 2.24) is 9.13 Å². The van der Waals surface area contributed by atoms with Gasteiger partial charge in [-0.15, -0.1) is 11.3 Å². The molecule has 0 saturated heterocycles. The number of aromatic nitrogens is 2. The zero-order chi connectivity index (χ0) is 25.2. The van der Waals surface area contributed by atoms with Crippen LogP contribution in [0.15, 0.2) is 58.1 Å². The Bertz CT molecular complexity index is 1530. The van der Waals surface area contributed by atoms with Gasteiger partial charge in [-0.25, -0.2) is 9.36 Å². The van der Waals surface area contributed by atoms with E-state index in [4.69, 9.17) is 9.47 Å². The molecular formula is C27H27N3O5S. The van der Waals surface area contributed by atoms with Crippen molar-refractivity contribution in [2.24, 2.45) is 0 Å². The van der Waals surface area contributed by atoms with Gasteiger partial charge in [-0.2, -0.15) is 0 Å². The second kappa shape index (κ2) is 10.0. The number of carbonyl (C=O) groups excluding carboxylic acids is 1. The normalized spacial score (nSPS) is 12.8. The summed E-state index contributed by atoms with van der Waals surface area (Å²) in [7, 11) is 1.56. The van der Waals surface area contributed by atoms with Crippen LogP contribution in [0.3, 0.4) is 0 Å². The minimum absolute atomic E-state index is 0.210. The zero-order valence-corrected chi connectivity index (χ0v) is 21.0. The number of fused-ring (bicyclic) bond motifs is 3. The number of aryl methyl sites for hydroxylation is 2. The van der Waals surface area contributed by atoms with Crippen molar-refractivity contribution >= 4 is 33.1 Å². The third-order valence-corrected chi connectivity index (χ3v) is 7.63. The number of carbonyl (C=O) groups is 1. The van der Waals surface area contributed by atoms with Crippen molar-refractivity contribution in [1.29, 1.82) is 0 Å². The Morgan fingerprint density at radius 3 is 2.39 bits per heavy atom. The summed E-state index contributed by atoms with van der Waals surface area (Å²) in [6.07, 6.45) is 3.72. The maximum Gasteiger partial charge on any atom is 0.337 e. The lowest BCUT2D eigenvalue weighted by molar-refractivity contribution is -0.116. The number of hydrogen-bond donors (Lipinski definition) is 1. The first-order valence-corrected chi connectivity index (χ1v) is 12.8. The standard InChI is InChI=1S/C27H27N3O5S/c1-3-35-20-12-8-17(9-13-20)28-23(31)16-29-26-24(21-6-4-5-7-22(21)36-26)25(32)30(27(29)33)18-10-14-19(34-2)15-11-18/h8-15H,3-7,16H2,1-2H3,(H,28,31). The Balaban J connectivity index is 1.58. The van der Waals surface area contributed by atoms with Crippen LogP contribution in [0.1, 0.15) is 30.2 Å². The topological polar surface area (TPSA) is 91.6 Å². The Morgan fingerprint density at radius 1 is 1.00 bits per heavy atom. The van der Waals surface area contributed by atoms with Gasteiger partial charge in [0, 0.05) is 10.6 Å². The highest BCUT2D eigenvalue weighted by molar-refractivity contribution is 7.18. The number of thiophene rings is 1. The van der Waals surface area contributed by atoms with Gasteiger partial charge in [0.25, 0.3) is 5.56 Å². The van der Waals surface area contributed by atoms with Gasteiger partial charge in [0.2, 0.25) is 5.91 Å². The van der Waals surface area contributed by atoms with Gasteiger partial charge in [0.1, 0.15) is 22.9 Å². The molecule has 0 atom stereocenters. The SMILES string of the molecule is CCOc1ccc(NC(=O)Cn2c(=O)n(-c3ccc(OC)cc3)c(=O)c3c4c(sc32)CCCC4)cc1. The number of nitrogens with zero attached hydrogens (tertiary/aromatic N) is 2. The number of nitrogens with one attached hydrogen (secondary N) is 1. The molecule has 0 radical (unpaired) electrons. The van der Waals surface area contributed by atoms with Crippen molar-refractivity contribution in [3.05, 3.63) is 79.8 Å². The van der Waals surface area contributed by atoms with Gasteiger partial charge in [-0.3, -0.25) is 14.2 Å². The third-order valence-electron chi connectivity index (χ3n) is 6.32. The van der Waals surface area contributed by atoms with E-state index in [9.17, 15) is 14.4 Å². The van der Waals surface area contributed by atoms with E-state index < -0.39 is 5.69 Å². The minimum atomic E-state index is -0.543. The highest BCUT2D eigenvalue weighted by Gasteiger charge is 2.25. The second-order valence-electron chi connectivity index (χ2n) is 8.60. The molecule has 0 bridgehead atoms. The molecule has 0 saturated carbocycles. The Morgan fingerprint density at radius 2 is 1.69 bits per heavy atom. The molecule has 186 valence electrons. The molecular weight excluding hydrogens is 478 g/mol. The number of amides is 1. The summed E-state index contributed by atoms with van der Waals surface area (Å²) < 4.78 is 13.3. The molecule has 4 aromatic rings. The van der Waals surface area contributed by atoms with Crippen molar-refractivity contribution in [2.75, 3.05) is 19.0 Å². The van der Waals surface area contributed by atoms with Gasteiger partial charge < -0.3 is 14.8 Å². The fourth-order valence-corrected chi connectivity index (χ4v) is 5.98. The molecule has 0 fully saturated rings. The van der Waals surface area contributed by atoms with E-state index in [1.54, 1.807) is 55.6 Å². The average molecular weight is 506 g/mol. The van der Waals surface area contributed by atoms with Crippen molar-refractivity contribution in [3.63, 3.8) is 0 Å². The number of benzene rings is 2. The monoisotopic (exact) mass is 505 g/mol. The molecule has 5 rings (SSSR count). The Hall–Kier alpha value is -3.85. The molecule has 1 aliphatic carbocycles. The largest absolute Gasteiger partial charge is 0.497 e. The quantitative estimate of drug-likeness (QED) is 0.408. The second-order valence-corrected chi connectivity index (χ2v) is 9.69. The molecule has 0 unspecified atom stereocenters. The molecule has 8 nitrogen and oxygen atoms in total. The van der Waals surface area contributed by atoms with Crippen LogP contribution in [0, 0.1) is 0 Å². The highest BCUT2D eigenvalue weighted by Crippen LogP contribution is 2.34. The summed E-state index contributed by atoms with van der Waals surface area (Å²) >= 11 is 1.45. The lowest BCUT2D eigenvalue weighted by atomic mass is 9.97. The van der Waals surface area contributed by atoms with Gasteiger partial charge >= 0.3 is 5.69 Å². The van der Waals surface area contributed by atoms with E-state index in [0.717, 1.165) is 40.7 Å². The first kappa shape index (κ1) is 23.9. The first-order valence-electron chi connectivity index (χ1n) is 12.0. The van der Waals surface area contributed by atoms with E-state index >= 15 is 0 Å². The third kappa shape index (κ3) is 4.42. The fourth-order valence-electron chi connectivity index (χ4n) is 4.61. The van der Waals surface area contributed by atoms with Crippen molar-refractivity contribution in [2.45, 2.75) is 39.2 Å². The zero-order valence-electron chi connectivity index (χ0n) is 20.2. The summed E-state index contributed by atoms with van der Waals surface area (Å²) in [6.45, 7) is 2.25. The number of rotatable bonds is 7. The van der Waals surface area contributed by atoms with Crippen LogP contribution in [-0.4, -0.2) is 28.8 Å². The molecule has 1 amide bonds. The summed E-state index contributed by atoms with van der Waals surface area (Å²) in [4.78, 5) is 42.1. The van der Waals surface area contributed by atoms with E-state index in [1.165, 1.54) is 15.9 Å². The predicted molar refractivity (Wildman–Crippen MR) is 141 cm³/mol.